The van der Waals surface area contributed by atoms with Gasteiger partial charge in [-0.25, -0.2) is 19.3 Å². The van der Waals surface area contributed by atoms with Crippen molar-refractivity contribution in [2.24, 2.45) is 0 Å². The van der Waals surface area contributed by atoms with E-state index >= 15 is 0 Å². The summed E-state index contributed by atoms with van der Waals surface area (Å²) in [5, 5.41) is 3.15. The molecule has 0 aliphatic carbocycles. The number of hydrogen-bond acceptors (Lipinski definition) is 5. The topological polar surface area (TPSA) is 69.7 Å². The van der Waals surface area contributed by atoms with E-state index in [-0.39, 0.29) is 5.82 Å². The van der Waals surface area contributed by atoms with Gasteiger partial charge in [-0.3, -0.25) is 0 Å². The third-order valence-electron chi connectivity index (χ3n) is 5.19. The van der Waals surface area contributed by atoms with Crippen LogP contribution in [0.1, 0.15) is 31.5 Å². The average molecular weight is 380 g/mol. The standard InChI is InChI=1S/C21H25FN6/c1-3-23-21-24-11-8-17(25-21)19-18(14-4-6-16(22)7-5-14)26-20(27-19)15-9-12-28(2)13-10-15/h4-8,11,15H,3,9-10,12-13H2,1-2H3,(H,26,27)(H,23,24,25). The molecule has 0 radical (unpaired) electrons. The zero-order valence-corrected chi connectivity index (χ0v) is 16.2. The summed E-state index contributed by atoms with van der Waals surface area (Å²) in [5.74, 6) is 1.69. The Morgan fingerprint density at radius 1 is 1.14 bits per heavy atom. The van der Waals surface area contributed by atoms with Gasteiger partial charge in [0, 0.05) is 24.2 Å². The lowest BCUT2D eigenvalue weighted by atomic mass is 9.96. The van der Waals surface area contributed by atoms with Crippen LogP contribution in [0.2, 0.25) is 0 Å². The lowest BCUT2D eigenvalue weighted by Crippen LogP contribution is -2.29. The first-order valence-electron chi connectivity index (χ1n) is 9.75. The lowest BCUT2D eigenvalue weighted by Gasteiger charge is -2.27. The van der Waals surface area contributed by atoms with E-state index in [0.717, 1.165) is 60.9 Å². The van der Waals surface area contributed by atoms with Crippen LogP contribution in [0, 0.1) is 5.82 Å². The highest BCUT2D eigenvalue weighted by Gasteiger charge is 2.24. The van der Waals surface area contributed by atoms with Crippen molar-refractivity contribution in [1.29, 1.82) is 0 Å². The van der Waals surface area contributed by atoms with E-state index < -0.39 is 0 Å². The van der Waals surface area contributed by atoms with Crippen LogP contribution in [0.3, 0.4) is 0 Å². The number of imidazole rings is 1. The van der Waals surface area contributed by atoms with Crippen molar-refractivity contribution in [3.63, 3.8) is 0 Å². The maximum absolute atomic E-state index is 13.4. The van der Waals surface area contributed by atoms with Crippen LogP contribution in [0.4, 0.5) is 10.3 Å². The van der Waals surface area contributed by atoms with Gasteiger partial charge in [-0.1, -0.05) is 0 Å². The molecular formula is C21H25FN6. The second-order valence-corrected chi connectivity index (χ2v) is 7.23. The summed E-state index contributed by atoms with van der Waals surface area (Å²) >= 11 is 0. The van der Waals surface area contributed by atoms with Crippen LogP contribution >= 0.6 is 0 Å². The molecule has 0 amide bonds. The van der Waals surface area contributed by atoms with E-state index in [1.807, 2.05) is 13.0 Å². The van der Waals surface area contributed by atoms with Crippen LogP contribution < -0.4 is 5.32 Å². The van der Waals surface area contributed by atoms with Crippen LogP contribution in [-0.4, -0.2) is 51.5 Å². The molecule has 3 heterocycles. The molecular weight excluding hydrogens is 355 g/mol. The number of rotatable bonds is 5. The van der Waals surface area contributed by atoms with Gasteiger partial charge < -0.3 is 15.2 Å². The zero-order chi connectivity index (χ0) is 19.5. The summed E-state index contributed by atoms with van der Waals surface area (Å²) in [5.41, 5.74) is 3.30. The SMILES string of the molecule is CCNc1nccc(-c2[nH]c(C3CCN(C)CC3)nc2-c2ccc(F)cc2)n1. The molecule has 6 nitrogen and oxygen atoms in total. The van der Waals surface area contributed by atoms with Gasteiger partial charge >= 0.3 is 0 Å². The lowest BCUT2D eigenvalue weighted by molar-refractivity contribution is 0.251. The Hall–Kier alpha value is -2.80. The van der Waals surface area contributed by atoms with Crippen molar-refractivity contribution in [1.82, 2.24) is 24.8 Å². The molecule has 0 unspecified atom stereocenters. The molecule has 0 spiro atoms. The maximum Gasteiger partial charge on any atom is 0.223 e. The second-order valence-electron chi connectivity index (χ2n) is 7.23. The number of nitrogens with one attached hydrogen (secondary N) is 2. The fourth-order valence-corrected chi connectivity index (χ4v) is 3.61. The number of nitrogens with zero attached hydrogens (tertiary/aromatic N) is 4. The number of aromatic amines is 1. The minimum atomic E-state index is -0.257. The third-order valence-corrected chi connectivity index (χ3v) is 5.19. The van der Waals surface area contributed by atoms with E-state index in [0.29, 0.717) is 11.9 Å². The molecule has 3 aromatic rings. The number of benzene rings is 1. The number of hydrogen-bond donors (Lipinski definition) is 2. The Labute approximate surface area is 164 Å². The summed E-state index contributed by atoms with van der Waals surface area (Å²) in [6, 6.07) is 8.33. The van der Waals surface area contributed by atoms with Gasteiger partial charge in [-0.15, -0.1) is 0 Å². The predicted molar refractivity (Wildman–Crippen MR) is 109 cm³/mol. The third kappa shape index (κ3) is 3.89. The van der Waals surface area contributed by atoms with Crippen LogP contribution in [0.25, 0.3) is 22.6 Å². The number of aromatic nitrogens is 4. The van der Waals surface area contributed by atoms with E-state index in [9.17, 15) is 4.39 Å². The number of H-pyrrole nitrogens is 1. The van der Waals surface area contributed by atoms with Crippen molar-refractivity contribution >= 4 is 5.95 Å². The van der Waals surface area contributed by atoms with Crippen LogP contribution in [-0.2, 0) is 0 Å². The fourth-order valence-electron chi connectivity index (χ4n) is 3.61. The zero-order valence-electron chi connectivity index (χ0n) is 16.2. The van der Waals surface area contributed by atoms with Crippen molar-refractivity contribution in [3.05, 3.63) is 48.2 Å². The number of halogens is 1. The molecule has 2 aromatic heterocycles. The van der Waals surface area contributed by atoms with E-state index in [2.05, 4.69) is 32.2 Å². The average Bonchev–Trinajstić information content (AvgIpc) is 3.15. The van der Waals surface area contributed by atoms with E-state index in [4.69, 9.17) is 4.98 Å². The Morgan fingerprint density at radius 3 is 2.61 bits per heavy atom. The number of piperidine rings is 1. The van der Waals surface area contributed by atoms with Gasteiger partial charge in [0.25, 0.3) is 0 Å². The first-order valence-corrected chi connectivity index (χ1v) is 9.75. The Bertz CT molecular complexity index is 928. The van der Waals surface area contributed by atoms with E-state index in [1.54, 1.807) is 18.3 Å². The molecule has 1 fully saturated rings. The van der Waals surface area contributed by atoms with Gasteiger partial charge in [0.15, 0.2) is 0 Å². The molecule has 1 aliphatic rings. The molecule has 1 saturated heterocycles. The van der Waals surface area contributed by atoms with Crippen LogP contribution in [0.5, 0.6) is 0 Å². The highest BCUT2D eigenvalue weighted by Crippen LogP contribution is 2.34. The molecule has 0 atom stereocenters. The fraction of sp³-hybridized carbons (Fsp3) is 0.381. The van der Waals surface area contributed by atoms with Crippen LogP contribution in [0.15, 0.2) is 36.5 Å². The molecule has 7 heteroatoms. The largest absolute Gasteiger partial charge is 0.354 e. The quantitative estimate of drug-likeness (QED) is 0.702. The molecule has 28 heavy (non-hydrogen) atoms. The normalized spacial score (nSPS) is 15.7. The molecule has 1 aliphatic heterocycles. The molecule has 0 bridgehead atoms. The Kier molecular flexibility index (Phi) is 5.34. The van der Waals surface area contributed by atoms with Gasteiger partial charge in [0.05, 0.1) is 17.1 Å². The van der Waals surface area contributed by atoms with Gasteiger partial charge in [-0.2, -0.15) is 0 Å². The second kappa shape index (κ2) is 8.06. The summed E-state index contributed by atoms with van der Waals surface area (Å²) in [6.45, 7) is 4.88. The highest BCUT2D eigenvalue weighted by atomic mass is 19.1. The first kappa shape index (κ1) is 18.6. The molecule has 0 saturated carbocycles. The van der Waals surface area contributed by atoms with Crippen molar-refractivity contribution in [3.8, 4) is 22.6 Å². The number of anilines is 1. The predicted octanol–water partition coefficient (Wildman–Crippen LogP) is 3.91. The smallest absolute Gasteiger partial charge is 0.223 e. The summed E-state index contributed by atoms with van der Waals surface area (Å²) in [7, 11) is 2.15. The minimum absolute atomic E-state index is 0.257. The Morgan fingerprint density at radius 2 is 1.89 bits per heavy atom. The molecule has 146 valence electrons. The van der Waals surface area contributed by atoms with Gasteiger partial charge in [0.1, 0.15) is 11.6 Å². The van der Waals surface area contributed by atoms with Gasteiger partial charge in [0.2, 0.25) is 5.95 Å². The van der Waals surface area contributed by atoms with E-state index in [1.165, 1.54) is 12.1 Å². The first-order chi connectivity index (χ1) is 13.6. The van der Waals surface area contributed by atoms with Crippen molar-refractivity contribution in [2.45, 2.75) is 25.7 Å². The molecule has 2 N–H and O–H groups in total. The molecule has 1 aromatic carbocycles. The van der Waals surface area contributed by atoms with Crippen molar-refractivity contribution in [2.75, 3.05) is 32.0 Å². The van der Waals surface area contributed by atoms with Crippen molar-refractivity contribution < 1.29 is 4.39 Å². The summed E-state index contributed by atoms with van der Waals surface area (Å²) in [4.78, 5) is 19.7. The number of likely N-dealkylation sites (tertiary alicyclic amines) is 1. The maximum atomic E-state index is 13.4. The summed E-state index contributed by atoms with van der Waals surface area (Å²) < 4.78 is 13.4. The minimum Gasteiger partial charge on any atom is -0.354 e. The molecule has 4 rings (SSSR count). The summed E-state index contributed by atoms with van der Waals surface area (Å²) in [6.07, 6.45) is 3.88. The Balaban J connectivity index is 1.76. The highest BCUT2D eigenvalue weighted by molar-refractivity contribution is 5.77. The monoisotopic (exact) mass is 380 g/mol. The van der Waals surface area contributed by atoms with Gasteiger partial charge in [-0.05, 0) is 70.2 Å².